The molecule has 0 amide bonds. The predicted octanol–water partition coefficient (Wildman–Crippen LogP) is 0.135. The largest absolute Gasteiger partial charge is 0.343 e. The molecule has 0 aliphatic heterocycles. The second-order valence-corrected chi connectivity index (χ2v) is 3.30. The van der Waals surface area contributed by atoms with E-state index in [2.05, 4.69) is 25.1 Å². The molecule has 2 rings (SSSR count). The summed E-state index contributed by atoms with van der Waals surface area (Å²) in [6, 6.07) is 0. The van der Waals surface area contributed by atoms with Crippen molar-refractivity contribution in [1.82, 2.24) is 25.2 Å². The molecule has 2 aromatic heterocycles. The molecule has 0 fully saturated rings. The van der Waals surface area contributed by atoms with E-state index in [4.69, 9.17) is 0 Å². The number of nitrogens with one attached hydrogen (secondary N) is 1. The van der Waals surface area contributed by atoms with Crippen molar-refractivity contribution in [3.8, 4) is 0 Å². The smallest absolute Gasteiger partial charge is 0.213 e. The lowest BCUT2D eigenvalue weighted by Gasteiger charge is -1.99. The minimum Gasteiger partial charge on any atom is -0.343 e. The van der Waals surface area contributed by atoms with Gasteiger partial charge >= 0.3 is 0 Å². The Kier molecular flexibility index (Phi) is 3.08. The average Bonchev–Trinajstić information content (AvgIpc) is 2.84. The van der Waals surface area contributed by atoms with Crippen molar-refractivity contribution in [3.05, 3.63) is 30.2 Å². The predicted molar refractivity (Wildman–Crippen MR) is 52.9 cm³/mol. The number of hydrogen-bond acceptors (Lipinski definition) is 5. The van der Waals surface area contributed by atoms with Crippen molar-refractivity contribution in [2.75, 3.05) is 6.54 Å². The van der Waals surface area contributed by atoms with Crippen molar-refractivity contribution < 1.29 is 4.52 Å². The minimum atomic E-state index is 0.730. The summed E-state index contributed by atoms with van der Waals surface area (Å²) in [5, 5.41) is 11.1. The molecule has 2 aromatic rings. The van der Waals surface area contributed by atoms with Crippen LogP contribution in [0.2, 0.25) is 0 Å². The Morgan fingerprint density at radius 1 is 1.53 bits per heavy atom. The summed E-state index contributed by atoms with van der Waals surface area (Å²) in [5.74, 6) is 0.730. The SMILES string of the molecule is Cn1cc(CNCCc2ncon2)cn1. The summed E-state index contributed by atoms with van der Waals surface area (Å²) in [6.07, 6.45) is 5.95. The Balaban J connectivity index is 1.67. The van der Waals surface area contributed by atoms with Gasteiger partial charge in [0.05, 0.1) is 6.20 Å². The molecular formula is C9H13N5O. The molecule has 15 heavy (non-hydrogen) atoms. The summed E-state index contributed by atoms with van der Waals surface area (Å²) in [4.78, 5) is 3.93. The van der Waals surface area contributed by atoms with Crippen LogP contribution in [0.15, 0.2) is 23.3 Å². The molecule has 1 N–H and O–H groups in total. The summed E-state index contributed by atoms with van der Waals surface area (Å²) in [5.41, 5.74) is 1.17. The zero-order valence-corrected chi connectivity index (χ0v) is 8.55. The number of aromatic nitrogens is 4. The second kappa shape index (κ2) is 4.70. The summed E-state index contributed by atoms with van der Waals surface area (Å²) >= 11 is 0. The molecule has 0 aromatic carbocycles. The lowest BCUT2D eigenvalue weighted by molar-refractivity contribution is 0.409. The van der Waals surface area contributed by atoms with Crippen LogP contribution in [0.1, 0.15) is 11.4 Å². The molecule has 6 heteroatoms. The van der Waals surface area contributed by atoms with Crippen molar-refractivity contribution in [1.29, 1.82) is 0 Å². The summed E-state index contributed by atoms with van der Waals surface area (Å²) in [6.45, 7) is 1.64. The van der Waals surface area contributed by atoms with Crippen LogP contribution in [0, 0.1) is 0 Å². The first kappa shape index (κ1) is 9.85. The van der Waals surface area contributed by atoms with E-state index in [9.17, 15) is 0 Å². The molecule has 6 nitrogen and oxygen atoms in total. The molecule has 0 bridgehead atoms. The number of nitrogens with zero attached hydrogens (tertiary/aromatic N) is 4. The number of rotatable bonds is 5. The Bertz CT molecular complexity index is 394. The van der Waals surface area contributed by atoms with Crippen LogP contribution in [-0.2, 0) is 20.0 Å². The van der Waals surface area contributed by atoms with Crippen LogP contribution in [0.5, 0.6) is 0 Å². The van der Waals surface area contributed by atoms with Gasteiger partial charge in [-0.05, 0) is 0 Å². The van der Waals surface area contributed by atoms with E-state index in [1.165, 1.54) is 12.0 Å². The molecule has 80 valence electrons. The first-order valence-electron chi connectivity index (χ1n) is 4.78. The monoisotopic (exact) mass is 207 g/mol. The van der Waals surface area contributed by atoms with E-state index in [1.807, 2.05) is 19.4 Å². The normalized spacial score (nSPS) is 10.7. The van der Waals surface area contributed by atoms with Gasteiger partial charge in [0.2, 0.25) is 6.39 Å². The van der Waals surface area contributed by atoms with Gasteiger partial charge in [0.25, 0.3) is 0 Å². The van der Waals surface area contributed by atoms with E-state index in [1.54, 1.807) is 4.68 Å². The minimum absolute atomic E-state index is 0.730. The van der Waals surface area contributed by atoms with Crippen molar-refractivity contribution in [2.24, 2.45) is 7.05 Å². The second-order valence-electron chi connectivity index (χ2n) is 3.30. The fourth-order valence-electron chi connectivity index (χ4n) is 1.30. The van der Waals surface area contributed by atoms with Crippen molar-refractivity contribution >= 4 is 0 Å². The average molecular weight is 207 g/mol. The Hall–Kier alpha value is -1.69. The molecule has 0 radical (unpaired) electrons. The van der Waals surface area contributed by atoms with Crippen LogP contribution in [-0.4, -0.2) is 26.5 Å². The molecule has 0 atom stereocenters. The molecule has 0 saturated heterocycles. The topological polar surface area (TPSA) is 68.8 Å². The fraction of sp³-hybridized carbons (Fsp3) is 0.444. The van der Waals surface area contributed by atoms with Gasteiger partial charge in [0.15, 0.2) is 5.82 Å². The standard InChI is InChI=1S/C9H13N5O/c1-14-6-8(5-12-14)4-10-3-2-9-11-7-15-13-9/h5-7,10H,2-4H2,1H3. The van der Waals surface area contributed by atoms with E-state index >= 15 is 0 Å². The highest BCUT2D eigenvalue weighted by molar-refractivity contribution is 5.02. The van der Waals surface area contributed by atoms with Gasteiger partial charge < -0.3 is 9.84 Å². The van der Waals surface area contributed by atoms with Crippen molar-refractivity contribution in [3.63, 3.8) is 0 Å². The molecule has 2 heterocycles. The van der Waals surface area contributed by atoms with Gasteiger partial charge in [-0.1, -0.05) is 5.16 Å². The molecule has 0 unspecified atom stereocenters. The van der Waals surface area contributed by atoms with Gasteiger partial charge in [-0.2, -0.15) is 10.1 Å². The fourth-order valence-corrected chi connectivity index (χ4v) is 1.30. The molecule has 0 aliphatic rings. The van der Waals surface area contributed by atoms with Crippen LogP contribution < -0.4 is 5.32 Å². The quantitative estimate of drug-likeness (QED) is 0.706. The van der Waals surface area contributed by atoms with Crippen LogP contribution in [0.25, 0.3) is 0 Å². The highest BCUT2D eigenvalue weighted by Gasteiger charge is 1.98. The van der Waals surface area contributed by atoms with Crippen LogP contribution >= 0.6 is 0 Å². The maximum Gasteiger partial charge on any atom is 0.213 e. The van der Waals surface area contributed by atoms with Gasteiger partial charge in [0.1, 0.15) is 0 Å². The van der Waals surface area contributed by atoms with Crippen molar-refractivity contribution in [2.45, 2.75) is 13.0 Å². The maximum absolute atomic E-state index is 4.63. The van der Waals surface area contributed by atoms with Gasteiger partial charge in [-0.3, -0.25) is 4.68 Å². The lowest BCUT2D eigenvalue weighted by Crippen LogP contribution is -2.16. The summed E-state index contributed by atoms with van der Waals surface area (Å²) in [7, 11) is 1.91. The molecule has 0 saturated carbocycles. The van der Waals surface area contributed by atoms with Gasteiger partial charge in [-0.15, -0.1) is 0 Å². The zero-order valence-electron chi connectivity index (χ0n) is 8.55. The highest BCUT2D eigenvalue weighted by atomic mass is 16.5. The Morgan fingerprint density at radius 2 is 2.47 bits per heavy atom. The Morgan fingerprint density at radius 3 is 3.13 bits per heavy atom. The first-order valence-corrected chi connectivity index (χ1v) is 4.78. The van der Waals surface area contributed by atoms with E-state index in [0.29, 0.717) is 0 Å². The zero-order chi connectivity index (χ0) is 10.5. The van der Waals surface area contributed by atoms with E-state index < -0.39 is 0 Å². The van der Waals surface area contributed by atoms with Crippen LogP contribution in [0.4, 0.5) is 0 Å². The maximum atomic E-state index is 4.63. The molecule has 0 spiro atoms. The third kappa shape index (κ3) is 2.88. The third-order valence-electron chi connectivity index (χ3n) is 2.02. The molecular weight excluding hydrogens is 194 g/mol. The van der Waals surface area contributed by atoms with Gasteiger partial charge in [0, 0.05) is 38.3 Å². The van der Waals surface area contributed by atoms with Gasteiger partial charge in [-0.25, -0.2) is 0 Å². The number of hydrogen-bond donors (Lipinski definition) is 1. The van der Waals surface area contributed by atoms with Crippen LogP contribution in [0.3, 0.4) is 0 Å². The molecule has 0 aliphatic carbocycles. The third-order valence-corrected chi connectivity index (χ3v) is 2.02. The highest BCUT2D eigenvalue weighted by Crippen LogP contribution is 1.95. The van der Waals surface area contributed by atoms with E-state index in [-0.39, 0.29) is 0 Å². The summed E-state index contributed by atoms with van der Waals surface area (Å²) < 4.78 is 6.42. The van der Waals surface area contributed by atoms with E-state index in [0.717, 1.165) is 25.3 Å². The lowest BCUT2D eigenvalue weighted by atomic mass is 10.3. The first-order chi connectivity index (χ1) is 7.34. The number of aryl methyl sites for hydroxylation is 1. The Labute approximate surface area is 87.3 Å².